The van der Waals surface area contributed by atoms with E-state index in [1.165, 1.54) is 0 Å². The fraction of sp³-hybridized carbons (Fsp3) is 0.344. The van der Waals surface area contributed by atoms with E-state index in [0.29, 0.717) is 30.3 Å². The highest BCUT2D eigenvalue weighted by Gasteiger charge is 2.18. The molecule has 3 N–H and O–H groups in total. The summed E-state index contributed by atoms with van der Waals surface area (Å²) >= 11 is 0. The first-order valence-corrected chi connectivity index (χ1v) is 13.7. The summed E-state index contributed by atoms with van der Waals surface area (Å²) in [5.41, 5.74) is 3.62. The molecule has 0 amide bonds. The third-order valence-electron chi connectivity index (χ3n) is 7.27. The quantitative estimate of drug-likeness (QED) is 0.224. The van der Waals surface area contributed by atoms with Gasteiger partial charge in [-0.1, -0.05) is 38.1 Å². The molecule has 0 bridgehead atoms. The number of benzene rings is 2. The minimum absolute atomic E-state index is 0.152. The van der Waals surface area contributed by atoms with E-state index in [1.807, 2.05) is 24.3 Å². The van der Waals surface area contributed by atoms with Gasteiger partial charge >= 0.3 is 0 Å². The van der Waals surface area contributed by atoms with Crippen molar-refractivity contribution < 1.29 is 4.74 Å². The average molecular weight is 521 g/mol. The smallest absolute Gasteiger partial charge is 0.228 e. The highest BCUT2D eigenvalue weighted by Crippen LogP contribution is 2.38. The number of hydrogen-bond acceptors (Lipinski definition) is 7. The molecule has 0 radical (unpaired) electrons. The van der Waals surface area contributed by atoms with Gasteiger partial charge in [0, 0.05) is 53.9 Å². The van der Waals surface area contributed by atoms with E-state index in [2.05, 4.69) is 76.9 Å². The Labute approximate surface area is 230 Å². The molecule has 3 heterocycles. The van der Waals surface area contributed by atoms with Crippen molar-refractivity contribution in [3.8, 4) is 35.2 Å². The molecule has 200 valence electrons. The van der Waals surface area contributed by atoms with Crippen molar-refractivity contribution in [2.45, 2.75) is 39.7 Å². The number of piperidine rings is 1. The number of pyridine rings is 1. The number of aromatic nitrogens is 3. The summed E-state index contributed by atoms with van der Waals surface area (Å²) < 4.78 is 6.58. The zero-order valence-corrected chi connectivity index (χ0v) is 22.9. The Hall–Kier alpha value is -4.15. The van der Waals surface area contributed by atoms with Crippen molar-refractivity contribution in [1.82, 2.24) is 20.3 Å². The van der Waals surface area contributed by atoms with Crippen LogP contribution in [0, 0.1) is 31.1 Å². The van der Waals surface area contributed by atoms with Gasteiger partial charge in [0.15, 0.2) is 0 Å². The zero-order chi connectivity index (χ0) is 27.2. The highest BCUT2D eigenvalue weighted by atomic mass is 16.5. The molecule has 7 heteroatoms. The lowest BCUT2D eigenvalue weighted by Crippen LogP contribution is -2.38. The Kier molecular flexibility index (Phi) is 8.24. The second-order valence-corrected chi connectivity index (χ2v) is 10.4. The van der Waals surface area contributed by atoms with E-state index >= 15 is 0 Å². The molecule has 1 aliphatic rings. The predicted octanol–water partition coefficient (Wildman–Crippen LogP) is 6.27. The predicted molar refractivity (Wildman–Crippen MR) is 159 cm³/mol. The zero-order valence-electron chi connectivity index (χ0n) is 22.9. The van der Waals surface area contributed by atoms with Gasteiger partial charge in [-0.15, -0.1) is 12.3 Å². The first-order valence-electron chi connectivity index (χ1n) is 13.7. The van der Waals surface area contributed by atoms with Crippen LogP contribution in [0.25, 0.3) is 22.0 Å². The van der Waals surface area contributed by atoms with Crippen molar-refractivity contribution in [1.29, 1.82) is 0 Å². The molecule has 4 aromatic rings. The Balaban J connectivity index is 1.45. The molecule has 0 spiro atoms. The molecule has 7 nitrogen and oxygen atoms in total. The van der Waals surface area contributed by atoms with E-state index < -0.39 is 0 Å². The van der Waals surface area contributed by atoms with Crippen LogP contribution < -0.4 is 20.7 Å². The lowest BCUT2D eigenvalue weighted by atomic mass is 9.96. The topological polar surface area (TPSA) is 84.0 Å². The van der Waals surface area contributed by atoms with Crippen molar-refractivity contribution >= 4 is 22.4 Å². The Morgan fingerprint density at radius 2 is 1.97 bits per heavy atom. The highest BCUT2D eigenvalue weighted by molar-refractivity contribution is 5.98. The Bertz CT molecular complexity index is 1470. The largest absolute Gasteiger partial charge is 0.437 e. The lowest BCUT2D eigenvalue weighted by Gasteiger charge is -2.23. The molecule has 1 fully saturated rings. The van der Waals surface area contributed by atoms with Crippen molar-refractivity contribution in [2.75, 3.05) is 30.3 Å². The average Bonchev–Trinajstić information content (AvgIpc) is 2.95. The van der Waals surface area contributed by atoms with Crippen LogP contribution in [0.5, 0.6) is 11.6 Å². The number of nitrogens with one attached hydrogen (secondary N) is 3. The standard InChI is InChI=1S/C32H36N6O/c1-5-23(21(2)3)19-36-28-12-6-10-26-25(28)14-13-22(4)30(26)39-31-27(11-8-17-34-31)29-15-18-35-32(38-29)37-24-9-7-16-33-20-24/h1,6,8,10-15,17-18,21,23-24,33,36H,7,9,16,19-20H2,2-4H3,(H,35,37,38)/t23-,24-/m0/s1. The number of fused-ring (bicyclic) bond motifs is 1. The molecule has 0 aliphatic carbocycles. The van der Waals surface area contributed by atoms with Gasteiger partial charge in [0.25, 0.3) is 0 Å². The van der Waals surface area contributed by atoms with E-state index in [9.17, 15) is 0 Å². The van der Waals surface area contributed by atoms with Gasteiger partial charge in [-0.05, 0) is 62.1 Å². The number of nitrogens with zero attached hydrogens (tertiary/aromatic N) is 3. The fourth-order valence-corrected chi connectivity index (χ4v) is 4.94. The normalized spacial score (nSPS) is 16.0. The van der Waals surface area contributed by atoms with Gasteiger partial charge in [-0.3, -0.25) is 0 Å². The summed E-state index contributed by atoms with van der Waals surface area (Å²) in [5.74, 6) is 5.35. The Morgan fingerprint density at radius 3 is 2.77 bits per heavy atom. The summed E-state index contributed by atoms with van der Waals surface area (Å²) in [4.78, 5) is 13.9. The number of hydrogen-bond donors (Lipinski definition) is 3. The SMILES string of the molecule is C#C[C@@H](CNc1cccc2c(Oc3ncccc3-c3ccnc(N[C@H]4CCCNC4)n3)c(C)ccc12)C(C)C. The molecular formula is C32H36N6O. The maximum atomic E-state index is 6.58. The molecule has 0 unspecified atom stereocenters. The van der Waals surface area contributed by atoms with Gasteiger partial charge in [0.2, 0.25) is 11.8 Å². The second-order valence-electron chi connectivity index (χ2n) is 10.4. The van der Waals surface area contributed by atoms with E-state index in [1.54, 1.807) is 12.4 Å². The number of terminal acetylenes is 1. The second kappa shape index (κ2) is 12.1. The molecular weight excluding hydrogens is 484 g/mol. The lowest BCUT2D eigenvalue weighted by molar-refractivity contribution is 0.466. The van der Waals surface area contributed by atoms with Crippen LogP contribution in [0.2, 0.25) is 0 Å². The molecule has 39 heavy (non-hydrogen) atoms. The van der Waals surface area contributed by atoms with Gasteiger partial charge in [0.05, 0.1) is 11.3 Å². The van der Waals surface area contributed by atoms with Gasteiger partial charge < -0.3 is 20.7 Å². The molecule has 5 rings (SSSR count). The minimum atomic E-state index is 0.152. The molecule has 2 aromatic heterocycles. The summed E-state index contributed by atoms with van der Waals surface area (Å²) in [5, 5.41) is 12.5. The van der Waals surface area contributed by atoms with Crippen LogP contribution in [0.15, 0.2) is 60.9 Å². The molecule has 2 aromatic carbocycles. The van der Waals surface area contributed by atoms with E-state index in [4.69, 9.17) is 16.1 Å². The first-order chi connectivity index (χ1) is 19.0. The van der Waals surface area contributed by atoms with Crippen molar-refractivity contribution in [3.63, 3.8) is 0 Å². The number of anilines is 2. The third kappa shape index (κ3) is 6.13. The summed E-state index contributed by atoms with van der Waals surface area (Å²) in [6, 6.07) is 16.5. The van der Waals surface area contributed by atoms with Gasteiger partial charge in [-0.2, -0.15) is 0 Å². The van der Waals surface area contributed by atoms with Crippen molar-refractivity contribution in [2.24, 2.45) is 11.8 Å². The van der Waals surface area contributed by atoms with Crippen molar-refractivity contribution in [3.05, 3.63) is 66.5 Å². The molecule has 2 atom stereocenters. The number of ether oxygens (including phenoxy) is 1. The summed E-state index contributed by atoms with van der Waals surface area (Å²) in [6.07, 6.45) is 11.5. The number of rotatable bonds is 9. The molecule has 0 saturated carbocycles. The number of aryl methyl sites for hydroxylation is 1. The molecule has 1 saturated heterocycles. The van der Waals surface area contributed by atoms with E-state index in [-0.39, 0.29) is 5.92 Å². The van der Waals surface area contributed by atoms with Crippen LogP contribution in [0.1, 0.15) is 32.3 Å². The summed E-state index contributed by atoms with van der Waals surface area (Å²) in [6.45, 7) is 9.03. The fourth-order valence-electron chi connectivity index (χ4n) is 4.94. The maximum Gasteiger partial charge on any atom is 0.228 e. The van der Waals surface area contributed by atoms with Crippen LogP contribution >= 0.6 is 0 Å². The first kappa shape index (κ1) is 26.5. The monoisotopic (exact) mass is 520 g/mol. The minimum Gasteiger partial charge on any atom is -0.437 e. The van der Waals surface area contributed by atoms with Crippen LogP contribution in [-0.2, 0) is 0 Å². The van der Waals surface area contributed by atoms with Gasteiger partial charge in [0.1, 0.15) is 5.75 Å². The molecule has 1 aliphatic heterocycles. The van der Waals surface area contributed by atoms with Gasteiger partial charge in [-0.25, -0.2) is 15.0 Å². The van der Waals surface area contributed by atoms with E-state index in [0.717, 1.165) is 65.0 Å². The van der Waals surface area contributed by atoms with Crippen LogP contribution in [-0.4, -0.2) is 40.6 Å². The van der Waals surface area contributed by atoms with Crippen LogP contribution in [0.4, 0.5) is 11.6 Å². The maximum absolute atomic E-state index is 6.58. The Morgan fingerprint density at radius 1 is 1.08 bits per heavy atom. The third-order valence-corrected chi connectivity index (χ3v) is 7.27. The summed E-state index contributed by atoms with van der Waals surface area (Å²) in [7, 11) is 0. The van der Waals surface area contributed by atoms with Crippen LogP contribution in [0.3, 0.4) is 0 Å².